The van der Waals surface area contributed by atoms with Crippen LogP contribution in [-0.4, -0.2) is 57.7 Å². The lowest BCUT2D eigenvalue weighted by Gasteiger charge is -2.20. The van der Waals surface area contributed by atoms with Crippen molar-refractivity contribution >= 4 is 23.1 Å². The highest BCUT2D eigenvalue weighted by molar-refractivity contribution is 6.54. The largest absolute Gasteiger partial charge is 0.497 e. The Hall–Kier alpha value is -4.66. The number of methoxy groups -OCH3 is 3. The van der Waals surface area contributed by atoms with E-state index in [0.29, 0.717) is 11.5 Å². The fourth-order valence-corrected chi connectivity index (χ4v) is 3.69. The zero-order valence-corrected chi connectivity index (χ0v) is 19.8. The molecular formula is C27H22O9. The van der Waals surface area contributed by atoms with Gasteiger partial charge in [-0.2, -0.15) is 0 Å². The summed E-state index contributed by atoms with van der Waals surface area (Å²) in [6.45, 7) is 0.452. The third-order valence-corrected chi connectivity index (χ3v) is 5.58. The molecule has 1 aliphatic heterocycles. The molecule has 0 aromatic heterocycles. The first-order valence-electron chi connectivity index (χ1n) is 10.9. The second-order valence-corrected chi connectivity index (χ2v) is 7.66. The van der Waals surface area contributed by atoms with Crippen molar-refractivity contribution in [2.24, 2.45) is 0 Å². The number of carbonyl (C=O) groups is 4. The van der Waals surface area contributed by atoms with E-state index < -0.39 is 23.1 Å². The quantitative estimate of drug-likeness (QED) is 0.328. The minimum atomic E-state index is -0.995. The van der Waals surface area contributed by atoms with Gasteiger partial charge in [-0.15, -0.1) is 0 Å². The molecule has 9 heteroatoms. The number of rotatable bonds is 9. The molecule has 3 aromatic rings. The lowest BCUT2D eigenvalue weighted by molar-refractivity contribution is 0.0799. The molecule has 0 atom stereocenters. The Labute approximate surface area is 206 Å². The number of hydrogen-bond donors (Lipinski definition) is 0. The molecule has 0 aliphatic carbocycles. The smallest absolute Gasteiger partial charge is 0.234 e. The van der Waals surface area contributed by atoms with Crippen LogP contribution in [0.15, 0.2) is 54.6 Å². The number of ether oxygens (including phenoxy) is 5. The van der Waals surface area contributed by atoms with Crippen molar-refractivity contribution in [3.63, 3.8) is 0 Å². The summed E-state index contributed by atoms with van der Waals surface area (Å²) in [5.41, 5.74) is -0.419. The van der Waals surface area contributed by atoms with Gasteiger partial charge >= 0.3 is 0 Å². The molecule has 0 unspecified atom stereocenters. The highest BCUT2D eigenvalue weighted by atomic mass is 16.6. The molecule has 0 saturated carbocycles. The first-order valence-corrected chi connectivity index (χ1v) is 10.9. The van der Waals surface area contributed by atoms with E-state index in [1.807, 2.05) is 0 Å². The van der Waals surface area contributed by atoms with E-state index in [1.54, 1.807) is 0 Å². The molecule has 9 nitrogen and oxygen atoms in total. The molecule has 0 radical (unpaired) electrons. The summed E-state index contributed by atoms with van der Waals surface area (Å²) >= 11 is 0. The summed E-state index contributed by atoms with van der Waals surface area (Å²) in [5, 5.41) is 0. The van der Waals surface area contributed by atoms with Gasteiger partial charge in [-0.1, -0.05) is 0 Å². The molecular weight excluding hydrogens is 468 g/mol. The van der Waals surface area contributed by atoms with Gasteiger partial charge in [0.15, 0.2) is 23.0 Å². The Morgan fingerprint density at radius 1 is 0.583 bits per heavy atom. The minimum absolute atomic E-state index is 0.0208. The lowest BCUT2D eigenvalue weighted by atomic mass is 9.91. The van der Waals surface area contributed by atoms with Crippen molar-refractivity contribution in [3.8, 4) is 28.7 Å². The monoisotopic (exact) mass is 490 g/mol. The number of fused-ring (bicyclic) bond motifs is 1. The van der Waals surface area contributed by atoms with Crippen LogP contribution in [0.3, 0.4) is 0 Å². The summed E-state index contributed by atoms with van der Waals surface area (Å²) in [6.07, 6.45) is 0. The van der Waals surface area contributed by atoms with Gasteiger partial charge in [-0.05, 0) is 54.6 Å². The summed E-state index contributed by atoms with van der Waals surface area (Å²) in [7, 11) is 4.32. The first kappa shape index (κ1) is 24.5. The molecule has 0 bridgehead atoms. The summed E-state index contributed by atoms with van der Waals surface area (Å²) in [5.74, 6) is -2.20. The molecule has 0 fully saturated rings. The molecule has 0 N–H and O–H groups in total. The number of Topliss-reactive ketones (excluding diaryl/α,β-unsaturated/α-hetero) is 4. The number of benzene rings is 3. The molecule has 3 aromatic carbocycles. The average molecular weight is 490 g/mol. The zero-order chi connectivity index (χ0) is 25.8. The average Bonchev–Trinajstić information content (AvgIpc) is 2.94. The molecule has 36 heavy (non-hydrogen) atoms. The van der Waals surface area contributed by atoms with Crippen LogP contribution in [0.5, 0.6) is 28.7 Å². The van der Waals surface area contributed by atoms with Gasteiger partial charge < -0.3 is 23.7 Å². The van der Waals surface area contributed by atoms with Gasteiger partial charge in [-0.3, -0.25) is 19.2 Å². The fraction of sp³-hybridized carbons (Fsp3) is 0.185. The summed E-state index contributed by atoms with van der Waals surface area (Å²) < 4.78 is 26.5. The molecule has 0 spiro atoms. The van der Waals surface area contributed by atoms with Crippen LogP contribution in [0.25, 0.3) is 0 Å². The first-order chi connectivity index (χ1) is 17.4. The molecule has 0 amide bonds. The van der Waals surface area contributed by atoms with Gasteiger partial charge in [0.1, 0.15) is 19.0 Å². The molecule has 1 heterocycles. The third kappa shape index (κ3) is 4.63. The van der Waals surface area contributed by atoms with Gasteiger partial charge in [0.05, 0.1) is 21.3 Å². The second-order valence-electron chi connectivity index (χ2n) is 7.66. The number of ketones is 4. The Balaban J connectivity index is 1.75. The molecule has 4 rings (SSSR count). The fourth-order valence-electron chi connectivity index (χ4n) is 3.69. The number of hydrogen-bond acceptors (Lipinski definition) is 9. The minimum Gasteiger partial charge on any atom is -0.497 e. The van der Waals surface area contributed by atoms with E-state index in [4.69, 9.17) is 23.7 Å². The van der Waals surface area contributed by atoms with Crippen molar-refractivity contribution < 1.29 is 42.9 Å². The highest BCUT2D eigenvalue weighted by Gasteiger charge is 2.31. The zero-order valence-electron chi connectivity index (χ0n) is 19.8. The van der Waals surface area contributed by atoms with Crippen LogP contribution < -0.4 is 23.7 Å². The van der Waals surface area contributed by atoms with Crippen LogP contribution in [0, 0.1) is 0 Å². The van der Waals surface area contributed by atoms with Gasteiger partial charge in [0, 0.05) is 22.3 Å². The van der Waals surface area contributed by atoms with Crippen molar-refractivity contribution in [2.75, 3.05) is 34.5 Å². The van der Waals surface area contributed by atoms with Crippen LogP contribution in [0.1, 0.15) is 41.4 Å². The van der Waals surface area contributed by atoms with Crippen LogP contribution in [0.4, 0.5) is 0 Å². The molecule has 184 valence electrons. The van der Waals surface area contributed by atoms with Gasteiger partial charge in [0.2, 0.25) is 23.1 Å². The standard InChI is InChI=1S/C27H22O9/c1-32-17-7-4-15(5-8-17)24(28)26(30)18-13-22-23(36-11-10-35-22)14-19(18)27(31)25(29)16-6-9-20(33-2)21(12-16)34-3/h4-9,12-14H,10-11H2,1-3H3. The van der Waals surface area contributed by atoms with E-state index in [2.05, 4.69) is 0 Å². The van der Waals surface area contributed by atoms with E-state index >= 15 is 0 Å². The second kappa shape index (κ2) is 10.3. The third-order valence-electron chi connectivity index (χ3n) is 5.58. The summed E-state index contributed by atoms with van der Waals surface area (Å²) in [6, 6.07) is 12.7. The van der Waals surface area contributed by atoms with E-state index in [0.717, 1.165) is 0 Å². The topological polar surface area (TPSA) is 114 Å². The molecule has 1 aliphatic rings. The predicted molar refractivity (Wildman–Crippen MR) is 127 cm³/mol. The van der Waals surface area contributed by atoms with Crippen molar-refractivity contribution in [2.45, 2.75) is 0 Å². The van der Waals surface area contributed by atoms with Crippen LogP contribution in [0.2, 0.25) is 0 Å². The van der Waals surface area contributed by atoms with E-state index in [1.165, 1.54) is 75.9 Å². The van der Waals surface area contributed by atoms with Crippen LogP contribution >= 0.6 is 0 Å². The molecule has 0 saturated heterocycles. The number of carbonyl (C=O) groups excluding carboxylic acids is 4. The van der Waals surface area contributed by atoms with Gasteiger partial charge in [-0.25, -0.2) is 0 Å². The van der Waals surface area contributed by atoms with Crippen molar-refractivity contribution in [3.05, 3.63) is 76.9 Å². The Morgan fingerprint density at radius 3 is 1.58 bits per heavy atom. The SMILES string of the molecule is COc1ccc(C(=O)C(=O)c2cc3c(cc2C(=O)C(=O)c2ccc(OC)c(OC)c2)OCCO3)cc1. The van der Waals surface area contributed by atoms with E-state index in [-0.39, 0.29) is 52.7 Å². The Morgan fingerprint density at radius 2 is 1.08 bits per heavy atom. The van der Waals surface area contributed by atoms with Crippen molar-refractivity contribution in [1.29, 1.82) is 0 Å². The predicted octanol–water partition coefficient (Wildman–Crippen LogP) is 3.61. The maximum atomic E-state index is 13.4. The van der Waals surface area contributed by atoms with Crippen molar-refractivity contribution in [1.82, 2.24) is 0 Å². The highest BCUT2D eigenvalue weighted by Crippen LogP contribution is 2.35. The van der Waals surface area contributed by atoms with Crippen LogP contribution in [-0.2, 0) is 0 Å². The van der Waals surface area contributed by atoms with E-state index in [9.17, 15) is 19.2 Å². The lowest BCUT2D eigenvalue weighted by Crippen LogP contribution is -2.24. The normalized spacial score (nSPS) is 11.9. The Bertz CT molecular complexity index is 1360. The summed E-state index contributed by atoms with van der Waals surface area (Å²) in [4.78, 5) is 52.8. The maximum Gasteiger partial charge on any atom is 0.234 e. The Kier molecular flexibility index (Phi) is 7.00. The maximum absolute atomic E-state index is 13.4. The van der Waals surface area contributed by atoms with Gasteiger partial charge in [0.25, 0.3) is 0 Å².